The number of fused-ring (bicyclic) bond motifs is 1. The lowest BCUT2D eigenvalue weighted by molar-refractivity contribution is -0.118. The number of carbonyl (C=O) groups is 1. The Morgan fingerprint density at radius 3 is 2.56 bits per heavy atom. The zero-order chi connectivity index (χ0) is 17.6. The van der Waals surface area contributed by atoms with Gasteiger partial charge in [0.05, 0.1) is 10.6 Å². The van der Waals surface area contributed by atoms with Crippen molar-refractivity contribution in [2.24, 2.45) is 7.05 Å². The van der Waals surface area contributed by atoms with E-state index in [1.54, 1.807) is 16.5 Å². The molecule has 0 saturated carbocycles. The summed E-state index contributed by atoms with van der Waals surface area (Å²) < 4.78 is 2.54. The van der Waals surface area contributed by atoms with E-state index in [-0.39, 0.29) is 16.7 Å². The summed E-state index contributed by atoms with van der Waals surface area (Å²) >= 11 is 4.72. The highest BCUT2D eigenvalue weighted by Gasteiger charge is 2.37. The normalized spacial score (nSPS) is 16.8. The second kappa shape index (κ2) is 6.28. The third-order valence-electron chi connectivity index (χ3n) is 4.43. The average molecular weight is 415 g/mol. The number of rotatable bonds is 2. The minimum Gasteiger partial charge on any atom is -0.288 e. The van der Waals surface area contributed by atoms with Gasteiger partial charge in [0.1, 0.15) is 5.82 Å². The number of nitrogens with zero attached hydrogens (tertiary/aromatic N) is 2. The van der Waals surface area contributed by atoms with Gasteiger partial charge in [-0.2, -0.15) is 0 Å². The molecule has 0 spiro atoms. The molecule has 1 aliphatic heterocycles. The minimum absolute atomic E-state index is 0.00271. The molecule has 4 rings (SSSR count). The molecule has 1 atom stereocenters. The lowest BCUT2D eigenvalue weighted by atomic mass is 9.90. The first-order valence-corrected chi connectivity index (χ1v) is 9.50. The largest absolute Gasteiger partial charge is 0.308 e. The van der Waals surface area contributed by atoms with Crippen LogP contribution in [0.5, 0.6) is 0 Å². The van der Waals surface area contributed by atoms with Gasteiger partial charge in [0.25, 0.3) is 0 Å². The molecule has 25 heavy (non-hydrogen) atoms. The van der Waals surface area contributed by atoms with Crippen molar-refractivity contribution in [3.05, 3.63) is 79.2 Å². The number of hydrogen-bond acceptors (Lipinski definition) is 3. The summed E-state index contributed by atoms with van der Waals surface area (Å²) in [6.07, 6.45) is 0.346. The monoisotopic (exact) mass is 414 g/mol. The Morgan fingerprint density at radius 2 is 1.84 bits per heavy atom. The molecule has 1 unspecified atom stereocenters. The molecule has 0 bridgehead atoms. The fourth-order valence-electron chi connectivity index (χ4n) is 3.26. The van der Waals surface area contributed by atoms with Crippen molar-refractivity contribution in [1.82, 2.24) is 4.57 Å². The van der Waals surface area contributed by atoms with E-state index in [0.29, 0.717) is 12.2 Å². The summed E-state index contributed by atoms with van der Waals surface area (Å²) in [4.78, 5) is 27.9. The Morgan fingerprint density at radius 1 is 1.08 bits per heavy atom. The number of thiazole rings is 1. The molecule has 0 fully saturated rings. The van der Waals surface area contributed by atoms with Crippen LogP contribution < -0.4 is 9.77 Å². The highest BCUT2D eigenvalue weighted by atomic mass is 79.9. The number of benzene rings is 2. The Labute approximate surface area is 157 Å². The standard InChI is InChI=1S/C19H15BrN2O2S/c1-21-18-17(25-19(21)24)15(12-6-5-7-13(20)10-12)11-16(23)22(18)14-8-3-2-4-9-14/h2-10,15H,11H2,1H3. The number of amides is 1. The van der Waals surface area contributed by atoms with Gasteiger partial charge >= 0.3 is 4.87 Å². The summed E-state index contributed by atoms with van der Waals surface area (Å²) in [6.45, 7) is 0. The van der Waals surface area contributed by atoms with E-state index >= 15 is 0 Å². The fraction of sp³-hybridized carbons (Fsp3) is 0.158. The van der Waals surface area contributed by atoms with Crippen molar-refractivity contribution < 1.29 is 4.79 Å². The van der Waals surface area contributed by atoms with Crippen LogP contribution in [0.3, 0.4) is 0 Å². The van der Waals surface area contributed by atoms with Crippen molar-refractivity contribution in [1.29, 1.82) is 0 Å². The van der Waals surface area contributed by atoms with Crippen LogP contribution in [0.1, 0.15) is 22.8 Å². The van der Waals surface area contributed by atoms with E-state index in [1.165, 1.54) is 11.3 Å². The number of anilines is 2. The van der Waals surface area contributed by atoms with Crippen molar-refractivity contribution in [3.8, 4) is 0 Å². The molecule has 0 radical (unpaired) electrons. The molecule has 0 N–H and O–H groups in total. The fourth-order valence-corrected chi connectivity index (χ4v) is 4.77. The summed E-state index contributed by atoms with van der Waals surface area (Å²) in [6, 6.07) is 17.4. The molecule has 2 aromatic carbocycles. The molecule has 0 saturated heterocycles. The molecule has 0 aliphatic carbocycles. The number of halogens is 1. The van der Waals surface area contributed by atoms with Gasteiger partial charge < -0.3 is 0 Å². The second-order valence-corrected chi connectivity index (χ2v) is 7.90. The molecule has 1 aromatic heterocycles. The SMILES string of the molecule is Cn1c2c(sc1=O)C(c1cccc(Br)c1)CC(=O)N2c1ccccc1. The van der Waals surface area contributed by atoms with Crippen molar-refractivity contribution >= 4 is 44.7 Å². The first-order valence-electron chi connectivity index (χ1n) is 7.89. The summed E-state index contributed by atoms with van der Waals surface area (Å²) in [5, 5.41) is 0. The van der Waals surface area contributed by atoms with E-state index in [9.17, 15) is 9.59 Å². The average Bonchev–Trinajstić information content (AvgIpc) is 2.90. The number of hydrogen-bond donors (Lipinski definition) is 0. The minimum atomic E-state index is -0.0983. The highest BCUT2D eigenvalue weighted by molar-refractivity contribution is 9.10. The quantitative estimate of drug-likeness (QED) is 0.622. The maximum Gasteiger partial charge on any atom is 0.308 e. The predicted molar refractivity (Wildman–Crippen MR) is 104 cm³/mol. The number of aromatic nitrogens is 1. The predicted octanol–water partition coefficient (Wildman–Crippen LogP) is 4.41. The van der Waals surface area contributed by atoms with Crippen molar-refractivity contribution in [2.75, 3.05) is 4.90 Å². The molecule has 1 aliphatic rings. The molecule has 3 aromatic rings. The van der Waals surface area contributed by atoms with Gasteiger partial charge in [0.15, 0.2) is 0 Å². The Hall–Kier alpha value is -2.18. The van der Waals surface area contributed by atoms with E-state index in [2.05, 4.69) is 15.9 Å². The summed E-state index contributed by atoms with van der Waals surface area (Å²) in [5.41, 5.74) is 1.83. The topological polar surface area (TPSA) is 42.3 Å². The summed E-state index contributed by atoms with van der Waals surface area (Å²) in [7, 11) is 1.73. The van der Waals surface area contributed by atoms with Crippen LogP contribution in [0.4, 0.5) is 11.5 Å². The zero-order valence-electron chi connectivity index (χ0n) is 13.5. The lowest BCUT2D eigenvalue weighted by Crippen LogP contribution is -2.34. The first kappa shape index (κ1) is 16.3. The highest BCUT2D eigenvalue weighted by Crippen LogP contribution is 2.44. The second-order valence-electron chi connectivity index (χ2n) is 5.99. The Balaban J connectivity index is 1.92. The molecule has 6 heteroatoms. The zero-order valence-corrected chi connectivity index (χ0v) is 15.9. The van der Waals surface area contributed by atoms with Crippen LogP contribution in [0.25, 0.3) is 0 Å². The van der Waals surface area contributed by atoms with Gasteiger partial charge in [-0.05, 0) is 29.8 Å². The van der Waals surface area contributed by atoms with E-state index in [4.69, 9.17) is 0 Å². The van der Waals surface area contributed by atoms with Crippen molar-refractivity contribution in [3.63, 3.8) is 0 Å². The smallest absolute Gasteiger partial charge is 0.288 e. The third-order valence-corrected chi connectivity index (χ3v) is 6.06. The van der Waals surface area contributed by atoms with Crippen LogP contribution in [0.2, 0.25) is 0 Å². The van der Waals surface area contributed by atoms with Crippen LogP contribution in [0.15, 0.2) is 63.9 Å². The van der Waals surface area contributed by atoms with Gasteiger partial charge in [-0.3, -0.25) is 19.1 Å². The van der Waals surface area contributed by atoms with E-state index in [1.807, 2.05) is 54.6 Å². The third kappa shape index (κ3) is 2.75. The summed E-state index contributed by atoms with van der Waals surface area (Å²) in [5.74, 6) is 0.582. The maximum absolute atomic E-state index is 13.0. The van der Waals surface area contributed by atoms with Crippen LogP contribution in [0, 0.1) is 0 Å². The van der Waals surface area contributed by atoms with Crippen LogP contribution >= 0.6 is 27.3 Å². The van der Waals surface area contributed by atoms with Crippen LogP contribution in [-0.4, -0.2) is 10.5 Å². The van der Waals surface area contributed by atoms with E-state index in [0.717, 1.165) is 20.6 Å². The molecular weight excluding hydrogens is 400 g/mol. The van der Waals surface area contributed by atoms with Gasteiger partial charge in [-0.25, -0.2) is 0 Å². The molecular formula is C19H15BrN2O2S. The Bertz CT molecular complexity index is 1010. The van der Waals surface area contributed by atoms with Crippen molar-refractivity contribution in [2.45, 2.75) is 12.3 Å². The van der Waals surface area contributed by atoms with Gasteiger partial charge in [0, 0.05) is 23.9 Å². The maximum atomic E-state index is 13.0. The number of carbonyl (C=O) groups excluding carboxylic acids is 1. The van der Waals surface area contributed by atoms with Gasteiger partial charge in [-0.15, -0.1) is 0 Å². The van der Waals surface area contributed by atoms with Gasteiger partial charge in [0.2, 0.25) is 5.91 Å². The van der Waals surface area contributed by atoms with Crippen LogP contribution in [-0.2, 0) is 11.8 Å². The Kier molecular flexibility index (Phi) is 4.09. The molecule has 126 valence electrons. The lowest BCUT2D eigenvalue weighted by Gasteiger charge is -2.32. The first-order chi connectivity index (χ1) is 12.1. The molecule has 4 nitrogen and oxygen atoms in total. The van der Waals surface area contributed by atoms with E-state index < -0.39 is 0 Å². The number of para-hydroxylation sites is 1. The van der Waals surface area contributed by atoms with Gasteiger partial charge in [-0.1, -0.05) is 57.6 Å². The molecule has 1 amide bonds. The molecule has 2 heterocycles.